The van der Waals surface area contributed by atoms with E-state index in [0.717, 1.165) is 16.5 Å². The van der Waals surface area contributed by atoms with E-state index >= 15 is 0 Å². The van der Waals surface area contributed by atoms with Gasteiger partial charge in [-0.3, -0.25) is 0 Å². The van der Waals surface area contributed by atoms with Crippen molar-refractivity contribution in [2.24, 2.45) is 0 Å². The van der Waals surface area contributed by atoms with E-state index < -0.39 is 0 Å². The molecule has 0 unspecified atom stereocenters. The van der Waals surface area contributed by atoms with Crippen molar-refractivity contribution in [1.29, 1.82) is 0 Å². The Kier molecular flexibility index (Phi) is 2.66. The van der Waals surface area contributed by atoms with E-state index in [9.17, 15) is 0 Å². The van der Waals surface area contributed by atoms with Gasteiger partial charge in [0, 0.05) is 11.8 Å². The monoisotopic (exact) mass is 207 g/mol. The Labute approximate surface area is 86.9 Å². The summed E-state index contributed by atoms with van der Waals surface area (Å²) in [4.78, 5) is 4.29. The van der Waals surface area contributed by atoms with Gasteiger partial charge in [0.25, 0.3) is 0 Å². The highest BCUT2D eigenvalue weighted by molar-refractivity contribution is 7.80. The van der Waals surface area contributed by atoms with E-state index in [0.29, 0.717) is 0 Å². The lowest BCUT2D eigenvalue weighted by molar-refractivity contribution is 1.07. The smallest absolute Gasteiger partial charge is 0.104 e. The molecule has 0 amide bonds. The van der Waals surface area contributed by atoms with Gasteiger partial charge in [-0.1, -0.05) is 30.3 Å². The van der Waals surface area contributed by atoms with Gasteiger partial charge in [-0.2, -0.15) is 0 Å². The molecule has 0 aliphatic heterocycles. The number of benzene rings is 1. The second kappa shape index (κ2) is 3.94. The first-order chi connectivity index (χ1) is 6.34. The average Bonchev–Trinajstić information content (AvgIpc) is 2.53. The van der Waals surface area contributed by atoms with Crippen LogP contribution in [0.3, 0.4) is 0 Å². The first kappa shape index (κ1) is 8.78. The minimum atomic E-state index is 0.816. The van der Waals surface area contributed by atoms with Crippen molar-refractivity contribution >= 4 is 24.0 Å². The first-order valence-corrected chi connectivity index (χ1v) is 5.34. The quantitative estimate of drug-likeness (QED) is 0.747. The molecule has 0 spiro atoms. The van der Waals surface area contributed by atoms with Gasteiger partial charge in [-0.15, -0.1) is 24.0 Å². The Morgan fingerprint density at radius 3 is 2.62 bits per heavy atom. The van der Waals surface area contributed by atoms with Crippen molar-refractivity contribution in [3.8, 4) is 0 Å². The molecule has 0 fully saturated rings. The van der Waals surface area contributed by atoms with Gasteiger partial charge in [0.15, 0.2) is 0 Å². The largest absolute Gasteiger partial charge is 0.235 e. The molecule has 2 rings (SSSR count). The summed E-state index contributed by atoms with van der Waals surface area (Å²) < 4.78 is 0. The molecule has 0 saturated carbocycles. The van der Waals surface area contributed by atoms with E-state index in [4.69, 9.17) is 0 Å². The summed E-state index contributed by atoms with van der Waals surface area (Å²) >= 11 is 5.83. The fourth-order valence-corrected chi connectivity index (χ4v) is 2.19. The lowest BCUT2D eigenvalue weighted by atomic mass is 10.2. The third kappa shape index (κ3) is 2.32. The molecule has 1 aromatic carbocycles. The van der Waals surface area contributed by atoms with Crippen LogP contribution in [0.15, 0.2) is 40.7 Å². The summed E-state index contributed by atoms with van der Waals surface area (Å²) in [6.07, 6.45) is 0.909. The Bertz CT molecular complexity index is 381. The van der Waals surface area contributed by atoms with Crippen molar-refractivity contribution in [2.75, 3.05) is 0 Å². The Balaban J connectivity index is 2.15. The normalized spacial score (nSPS) is 10.2. The summed E-state index contributed by atoms with van der Waals surface area (Å²) in [5.74, 6) is 0. The van der Waals surface area contributed by atoms with Crippen LogP contribution < -0.4 is 0 Å². The third-order valence-corrected chi connectivity index (χ3v) is 2.99. The molecule has 1 aromatic heterocycles. The lowest BCUT2D eigenvalue weighted by Gasteiger charge is -1.95. The molecular formula is C10H9NS2. The van der Waals surface area contributed by atoms with Crippen LogP contribution in [-0.2, 0) is 6.42 Å². The van der Waals surface area contributed by atoms with Gasteiger partial charge in [0.1, 0.15) is 5.03 Å². The molecular weight excluding hydrogens is 198 g/mol. The molecule has 0 bridgehead atoms. The Morgan fingerprint density at radius 2 is 2.00 bits per heavy atom. The van der Waals surface area contributed by atoms with E-state index in [2.05, 4.69) is 29.7 Å². The molecule has 1 nitrogen and oxygen atoms in total. The van der Waals surface area contributed by atoms with Crippen LogP contribution in [0.4, 0.5) is 0 Å². The van der Waals surface area contributed by atoms with Crippen LogP contribution >= 0.6 is 24.0 Å². The predicted octanol–water partition coefficient (Wildman–Crippen LogP) is 3.02. The maximum atomic E-state index is 4.29. The highest BCUT2D eigenvalue weighted by Gasteiger charge is 1.99. The van der Waals surface area contributed by atoms with E-state index in [1.54, 1.807) is 11.3 Å². The standard InChI is InChI=1S/C10H9NS2/c12-9-7-13-10(11-9)6-8-4-2-1-3-5-8/h1-5,7,12H,6H2. The fourth-order valence-electron chi connectivity index (χ4n) is 1.15. The van der Waals surface area contributed by atoms with Crippen LogP contribution in [0, 0.1) is 0 Å². The zero-order chi connectivity index (χ0) is 9.10. The molecule has 0 aliphatic rings. The van der Waals surface area contributed by atoms with Crippen LogP contribution in [-0.4, -0.2) is 4.98 Å². The summed E-state index contributed by atoms with van der Waals surface area (Å²) in [5.41, 5.74) is 1.30. The fraction of sp³-hybridized carbons (Fsp3) is 0.100. The van der Waals surface area contributed by atoms with Crippen molar-refractivity contribution in [2.45, 2.75) is 11.4 Å². The SMILES string of the molecule is Sc1csc(Cc2ccccc2)n1. The highest BCUT2D eigenvalue weighted by Crippen LogP contribution is 2.16. The summed E-state index contributed by atoms with van der Waals surface area (Å²) in [7, 11) is 0. The summed E-state index contributed by atoms with van der Waals surface area (Å²) in [5, 5.41) is 3.90. The number of thiazole rings is 1. The molecule has 0 atom stereocenters. The Hall–Kier alpha value is -0.800. The molecule has 0 aliphatic carbocycles. The zero-order valence-electron chi connectivity index (χ0n) is 6.97. The number of hydrogen-bond acceptors (Lipinski definition) is 3. The minimum Gasteiger partial charge on any atom is -0.235 e. The van der Waals surface area contributed by atoms with Gasteiger partial charge in [-0.05, 0) is 5.56 Å². The molecule has 0 radical (unpaired) electrons. The van der Waals surface area contributed by atoms with E-state index in [-0.39, 0.29) is 0 Å². The lowest BCUT2D eigenvalue weighted by Crippen LogP contribution is -1.85. The predicted molar refractivity (Wildman–Crippen MR) is 58.6 cm³/mol. The average molecular weight is 207 g/mol. The van der Waals surface area contributed by atoms with Crippen molar-refractivity contribution in [3.05, 3.63) is 46.3 Å². The maximum absolute atomic E-state index is 4.29. The number of thiol groups is 1. The van der Waals surface area contributed by atoms with Crippen LogP contribution in [0.5, 0.6) is 0 Å². The summed E-state index contributed by atoms with van der Waals surface area (Å²) in [6.45, 7) is 0. The zero-order valence-corrected chi connectivity index (χ0v) is 8.68. The maximum Gasteiger partial charge on any atom is 0.104 e. The second-order valence-corrected chi connectivity index (χ2v) is 4.16. The number of hydrogen-bond donors (Lipinski definition) is 1. The molecule has 1 heterocycles. The third-order valence-electron chi connectivity index (χ3n) is 1.74. The molecule has 0 saturated heterocycles. The van der Waals surface area contributed by atoms with Crippen LogP contribution in [0.1, 0.15) is 10.6 Å². The molecule has 66 valence electrons. The topological polar surface area (TPSA) is 12.9 Å². The Morgan fingerprint density at radius 1 is 1.23 bits per heavy atom. The molecule has 13 heavy (non-hydrogen) atoms. The number of nitrogens with zero attached hydrogens (tertiary/aromatic N) is 1. The number of aromatic nitrogens is 1. The van der Waals surface area contributed by atoms with Gasteiger partial charge >= 0.3 is 0 Å². The van der Waals surface area contributed by atoms with Crippen molar-refractivity contribution in [3.63, 3.8) is 0 Å². The highest BCUT2D eigenvalue weighted by atomic mass is 32.1. The molecule has 0 N–H and O–H groups in total. The molecule has 2 aromatic rings. The van der Waals surface area contributed by atoms with Crippen molar-refractivity contribution in [1.82, 2.24) is 4.98 Å². The van der Waals surface area contributed by atoms with Gasteiger partial charge in [0.05, 0.1) is 5.01 Å². The summed E-state index contributed by atoms with van der Waals surface area (Å²) in [6, 6.07) is 10.3. The van der Waals surface area contributed by atoms with Crippen molar-refractivity contribution < 1.29 is 0 Å². The van der Waals surface area contributed by atoms with Gasteiger partial charge < -0.3 is 0 Å². The van der Waals surface area contributed by atoms with Gasteiger partial charge in [-0.25, -0.2) is 4.98 Å². The van der Waals surface area contributed by atoms with E-state index in [1.165, 1.54) is 5.56 Å². The van der Waals surface area contributed by atoms with E-state index in [1.807, 2.05) is 23.6 Å². The number of rotatable bonds is 2. The first-order valence-electron chi connectivity index (χ1n) is 4.02. The second-order valence-electron chi connectivity index (χ2n) is 2.76. The van der Waals surface area contributed by atoms with Crippen LogP contribution in [0.2, 0.25) is 0 Å². The van der Waals surface area contributed by atoms with Gasteiger partial charge in [0.2, 0.25) is 0 Å². The molecule has 3 heteroatoms. The van der Waals surface area contributed by atoms with Crippen LogP contribution in [0.25, 0.3) is 0 Å². The minimum absolute atomic E-state index is 0.816.